The zero-order valence-corrected chi connectivity index (χ0v) is 37.1. The fraction of sp³-hybridized carbons (Fsp3) is 0.905. The SMILES string of the molecule is O=C(O)CCC(=O)OCCOCCOCCOCCCCCCCCCCCSSCCCCCCCCCCCOCCOCCOCCOC(=O)CCC(=O)O. The average Bonchev–Trinajstić information content (AvgIpc) is 3.20. The molecule has 16 heteroatoms. The van der Waals surface area contributed by atoms with Crippen molar-refractivity contribution in [2.75, 3.05) is 104 Å². The van der Waals surface area contributed by atoms with Crippen molar-refractivity contribution in [1.82, 2.24) is 0 Å². The average molecular weight is 871 g/mol. The third-order valence-electron chi connectivity index (χ3n) is 8.67. The van der Waals surface area contributed by atoms with Crippen molar-refractivity contribution in [2.45, 2.75) is 141 Å². The molecule has 0 aliphatic rings. The zero-order chi connectivity index (χ0) is 42.3. The molecule has 342 valence electrons. The molecule has 0 aromatic heterocycles. The summed E-state index contributed by atoms with van der Waals surface area (Å²) in [5.74, 6) is -0.542. The summed E-state index contributed by atoms with van der Waals surface area (Å²) in [6, 6.07) is 0. The van der Waals surface area contributed by atoms with Gasteiger partial charge in [0.15, 0.2) is 0 Å². The number of carbonyl (C=O) groups is 4. The molecule has 0 bridgehead atoms. The van der Waals surface area contributed by atoms with Gasteiger partial charge in [-0.25, -0.2) is 0 Å². The molecule has 0 fully saturated rings. The summed E-state index contributed by atoms with van der Waals surface area (Å²) >= 11 is 0. The van der Waals surface area contributed by atoms with Crippen LogP contribution in [0.25, 0.3) is 0 Å². The van der Waals surface area contributed by atoms with E-state index in [4.69, 9.17) is 48.1 Å². The summed E-state index contributed by atoms with van der Waals surface area (Å²) in [7, 11) is 4.11. The van der Waals surface area contributed by atoms with Crippen molar-refractivity contribution >= 4 is 45.5 Å². The van der Waals surface area contributed by atoms with Crippen LogP contribution in [-0.4, -0.2) is 138 Å². The highest BCUT2D eigenvalue weighted by Gasteiger charge is 2.07. The Balaban J connectivity index is 3.11. The first-order valence-corrected chi connectivity index (χ1v) is 24.4. The maximum Gasteiger partial charge on any atom is 0.306 e. The first-order valence-electron chi connectivity index (χ1n) is 21.9. The lowest BCUT2D eigenvalue weighted by molar-refractivity contribution is -0.149. The normalized spacial score (nSPS) is 11.2. The van der Waals surface area contributed by atoms with Gasteiger partial charge in [-0.05, 0) is 25.7 Å². The number of carboxylic acids is 2. The van der Waals surface area contributed by atoms with Crippen LogP contribution < -0.4 is 0 Å². The van der Waals surface area contributed by atoms with E-state index in [1.54, 1.807) is 0 Å². The standard InChI is InChI=1S/C42H78O14S2/c43-39(44)19-21-41(47)55-35-33-53-31-29-51-27-25-49-23-15-11-7-3-1-5-9-13-17-37-57-58-38-18-14-10-6-2-4-8-12-16-24-50-26-28-52-30-32-54-34-36-56-42(48)22-20-40(45)46/h1-38H2,(H,43,44)(H,45,46). The van der Waals surface area contributed by atoms with Crippen molar-refractivity contribution in [1.29, 1.82) is 0 Å². The molecule has 0 spiro atoms. The van der Waals surface area contributed by atoms with E-state index in [2.05, 4.69) is 21.6 Å². The summed E-state index contributed by atoms with van der Waals surface area (Å²) in [5, 5.41) is 17.0. The largest absolute Gasteiger partial charge is 0.481 e. The molecule has 14 nitrogen and oxygen atoms in total. The van der Waals surface area contributed by atoms with Crippen molar-refractivity contribution in [3.8, 4) is 0 Å². The van der Waals surface area contributed by atoms with Gasteiger partial charge in [-0.2, -0.15) is 0 Å². The topological polar surface area (TPSA) is 183 Å². The molecule has 0 rings (SSSR count). The fourth-order valence-electron chi connectivity index (χ4n) is 5.40. The number of rotatable bonds is 49. The second-order valence-electron chi connectivity index (χ2n) is 13.9. The zero-order valence-electron chi connectivity index (χ0n) is 35.5. The monoisotopic (exact) mass is 870 g/mol. The Morgan fingerprint density at radius 1 is 0.293 bits per heavy atom. The van der Waals surface area contributed by atoms with Gasteiger partial charge < -0.3 is 48.1 Å². The molecule has 0 aromatic rings. The van der Waals surface area contributed by atoms with Gasteiger partial charge in [-0.15, -0.1) is 0 Å². The first kappa shape index (κ1) is 56.3. The highest BCUT2D eigenvalue weighted by Crippen LogP contribution is 2.25. The Morgan fingerprint density at radius 3 is 0.828 bits per heavy atom. The Labute approximate surface area is 356 Å². The molecule has 0 amide bonds. The summed E-state index contributed by atoms with van der Waals surface area (Å²) in [6.45, 7) is 6.22. The molecule has 0 heterocycles. The quantitative estimate of drug-likeness (QED) is 0.0338. The van der Waals surface area contributed by atoms with Gasteiger partial charge in [0, 0.05) is 24.7 Å². The molecule has 0 aliphatic carbocycles. The smallest absolute Gasteiger partial charge is 0.306 e. The molecule has 2 N–H and O–H groups in total. The lowest BCUT2D eigenvalue weighted by Crippen LogP contribution is -2.14. The highest BCUT2D eigenvalue weighted by atomic mass is 33.1. The number of aliphatic carboxylic acids is 2. The van der Waals surface area contributed by atoms with Crippen molar-refractivity contribution in [2.24, 2.45) is 0 Å². The van der Waals surface area contributed by atoms with E-state index in [0.717, 1.165) is 26.1 Å². The van der Waals surface area contributed by atoms with E-state index < -0.39 is 23.9 Å². The van der Waals surface area contributed by atoms with E-state index in [9.17, 15) is 19.2 Å². The van der Waals surface area contributed by atoms with Crippen LogP contribution in [0.15, 0.2) is 0 Å². The number of carboxylic acid groups (broad SMARTS) is 2. The number of unbranched alkanes of at least 4 members (excludes halogenated alkanes) is 16. The molecule has 0 saturated carbocycles. The van der Waals surface area contributed by atoms with Crippen molar-refractivity contribution < 1.29 is 67.3 Å². The van der Waals surface area contributed by atoms with Crippen LogP contribution in [-0.2, 0) is 57.1 Å². The van der Waals surface area contributed by atoms with E-state index in [1.165, 1.54) is 114 Å². The Hall–Kier alpha value is -1.66. The summed E-state index contributed by atoms with van der Waals surface area (Å²) in [5.41, 5.74) is 0. The van der Waals surface area contributed by atoms with Gasteiger partial charge in [0.1, 0.15) is 13.2 Å². The molecule has 0 radical (unpaired) electrons. The van der Waals surface area contributed by atoms with Gasteiger partial charge in [0.05, 0.1) is 91.8 Å². The number of carbonyl (C=O) groups excluding carboxylic acids is 2. The molecule has 0 aliphatic heterocycles. The Kier molecular flexibility index (Phi) is 46.6. The molecule has 0 unspecified atom stereocenters. The van der Waals surface area contributed by atoms with Crippen molar-refractivity contribution in [3.05, 3.63) is 0 Å². The van der Waals surface area contributed by atoms with Crippen LogP contribution in [0.4, 0.5) is 0 Å². The second kappa shape index (κ2) is 48.0. The maximum absolute atomic E-state index is 11.3. The minimum atomic E-state index is -1.02. The molecule has 0 atom stereocenters. The highest BCUT2D eigenvalue weighted by molar-refractivity contribution is 8.76. The molecule has 58 heavy (non-hydrogen) atoms. The van der Waals surface area contributed by atoms with Gasteiger partial charge in [0.25, 0.3) is 0 Å². The van der Waals surface area contributed by atoms with Crippen LogP contribution in [0.3, 0.4) is 0 Å². The van der Waals surface area contributed by atoms with E-state index in [0.29, 0.717) is 52.9 Å². The Morgan fingerprint density at radius 2 is 0.534 bits per heavy atom. The summed E-state index contributed by atoms with van der Waals surface area (Å²) in [6.07, 6.45) is 22.6. The van der Waals surface area contributed by atoms with Crippen LogP contribution in [0.5, 0.6) is 0 Å². The van der Waals surface area contributed by atoms with E-state index in [1.807, 2.05) is 0 Å². The fourth-order valence-corrected chi connectivity index (χ4v) is 7.69. The molecule has 0 saturated heterocycles. The predicted molar refractivity (Wildman–Crippen MR) is 229 cm³/mol. The first-order chi connectivity index (χ1) is 28.4. The third-order valence-corrected chi connectivity index (χ3v) is 11.2. The number of ether oxygens (including phenoxy) is 8. The second-order valence-corrected chi connectivity index (χ2v) is 16.6. The minimum Gasteiger partial charge on any atom is -0.481 e. The molecular formula is C42H78O14S2. The number of esters is 2. The number of hydrogen-bond donors (Lipinski definition) is 2. The van der Waals surface area contributed by atoms with Crippen LogP contribution >= 0.6 is 21.6 Å². The van der Waals surface area contributed by atoms with Gasteiger partial charge in [0.2, 0.25) is 0 Å². The maximum atomic E-state index is 11.3. The summed E-state index contributed by atoms with van der Waals surface area (Å²) < 4.78 is 42.6. The van der Waals surface area contributed by atoms with Gasteiger partial charge in [-0.3, -0.25) is 19.2 Å². The van der Waals surface area contributed by atoms with E-state index >= 15 is 0 Å². The van der Waals surface area contributed by atoms with Crippen LogP contribution in [0.2, 0.25) is 0 Å². The third kappa shape index (κ3) is 50.5. The van der Waals surface area contributed by atoms with Crippen LogP contribution in [0, 0.1) is 0 Å². The van der Waals surface area contributed by atoms with Gasteiger partial charge in [-0.1, -0.05) is 111 Å². The van der Waals surface area contributed by atoms with Gasteiger partial charge >= 0.3 is 23.9 Å². The number of hydrogen-bond acceptors (Lipinski definition) is 14. The Bertz CT molecular complexity index is 858. The predicted octanol–water partition coefficient (Wildman–Crippen LogP) is 8.31. The van der Waals surface area contributed by atoms with E-state index in [-0.39, 0.29) is 52.1 Å². The molecular weight excluding hydrogens is 793 g/mol. The molecule has 0 aromatic carbocycles. The lowest BCUT2D eigenvalue weighted by atomic mass is 10.1. The lowest BCUT2D eigenvalue weighted by Gasteiger charge is -2.07. The van der Waals surface area contributed by atoms with Crippen LogP contribution in [0.1, 0.15) is 141 Å². The minimum absolute atomic E-state index is 0.112. The van der Waals surface area contributed by atoms with Crippen molar-refractivity contribution in [3.63, 3.8) is 0 Å². The summed E-state index contributed by atoms with van der Waals surface area (Å²) in [4.78, 5) is 43.3.